The molecule has 1 aromatic carbocycles. The summed E-state index contributed by atoms with van der Waals surface area (Å²) in [4.78, 5) is 13.9. The molecule has 0 saturated carbocycles. The van der Waals surface area contributed by atoms with Gasteiger partial charge in [0.15, 0.2) is 0 Å². The number of rotatable bonds is 7. The first-order valence-corrected chi connectivity index (χ1v) is 14.0. The molecule has 2 atom stereocenters. The van der Waals surface area contributed by atoms with Crippen molar-refractivity contribution in [1.82, 2.24) is 10.6 Å². The molecular formula is C24H22Cl2F6N3OPS. The van der Waals surface area contributed by atoms with Crippen LogP contribution in [0.25, 0.3) is 0 Å². The number of amides is 1. The maximum atomic E-state index is 14.5. The van der Waals surface area contributed by atoms with Crippen molar-refractivity contribution in [2.75, 3.05) is 13.1 Å². The van der Waals surface area contributed by atoms with Gasteiger partial charge in [0.2, 0.25) is 0 Å². The van der Waals surface area contributed by atoms with E-state index in [1.165, 1.54) is 18.2 Å². The van der Waals surface area contributed by atoms with Gasteiger partial charge in [-0.1, -0.05) is 29.8 Å². The fraction of sp³-hybridized carbons (Fsp3) is 0.417. The second-order valence-electron chi connectivity index (χ2n) is 9.09. The van der Waals surface area contributed by atoms with E-state index in [1.54, 1.807) is 0 Å². The summed E-state index contributed by atoms with van der Waals surface area (Å²) < 4.78 is 85.2. The number of nitrogens with zero attached hydrogens (tertiary/aromatic N) is 1. The van der Waals surface area contributed by atoms with Crippen LogP contribution >= 0.6 is 43.3 Å². The van der Waals surface area contributed by atoms with Crippen molar-refractivity contribution < 1.29 is 31.1 Å². The summed E-state index contributed by atoms with van der Waals surface area (Å²) in [5.74, 6) is -0.515. The van der Waals surface area contributed by atoms with Gasteiger partial charge in [0.1, 0.15) is 11.7 Å². The zero-order valence-corrected chi connectivity index (χ0v) is 23.0. The Morgan fingerprint density at radius 1 is 1.05 bits per heavy atom. The minimum absolute atomic E-state index is 0.0159. The van der Waals surface area contributed by atoms with Gasteiger partial charge in [0.05, 0.1) is 22.0 Å². The lowest BCUT2D eigenvalue weighted by molar-refractivity contribution is -0.161. The molecule has 2 unspecified atom stereocenters. The van der Waals surface area contributed by atoms with E-state index in [4.69, 9.17) is 23.2 Å². The monoisotopic (exact) mass is 615 g/mol. The van der Waals surface area contributed by atoms with Crippen LogP contribution in [0.4, 0.5) is 26.3 Å². The van der Waals surface area contributed by atoms with E-state index in [1.807, 2.05) is 0 Å². The van der Waals surface area contributed by atoms with Gasteiger partial charge < -0.3 is 10.6 Å². The highest BCUT2D eigenvalue weighted by Crippen LogP contribution is 2.61. The number of thiophene rings is 1. The molecule has 0 saturated heterocycles. The van der Waals surface area contributed by atoms with Crippen molar-refractivity contribution in [3.63, 3.8) is 0 Å². The molecule has 1 aliphatic carbocycles. The Morgan fingerprint density at radius 2 is 1.68 bits per heavy atom. The molecule has 38 heavy (non-hydrogen) atoms. The van der Waals surface area contributed by atoms with Gasteiger partial charge in [-0.3, -0.25) is 9.56 Å². The van der Waals surface area contributed by atoms with Gasteiger partial charge in [-0.15, -0.1) is 11.3 Å². The van der Waals surface area contributed by atoms with Crippen LogP contribution in [0.2, 0.25) is 10.0 Å². The van der Waals surface area contributed by atoms with Crippen molar-refractivity contribution in [2.45, 2.75) is 49.6 Å². The lowest BCUT2D eigenvalue weighted by atomic mass is 9.87. The predicted octanol–water partition coefficient (Wildman–Crippen LogP) is 7.57. The van der Waals surface area contributed by atoms with Gasteiger partial charge in [0, 0.05) is 30.9 Å². The highest BCUT2D eigenvalue weighted by Gasteiger charge is 2.59. The zero-order valence-electron chi connectivity index (χ0n) is 19.7. The number of hydrogen-bond acceptors (Lipinski definition) is 4. The first-order chi connectivity index (χ1) is 17.7. The minimum Gasteiger partial charge on any atom is -0.379 e. The van der Waals surface area contributed by atoms with Crippen molar-refractivity contribution >= 4 is 54.9 Å². The van der Waals surface area contributed by atoms with Crippen molar-refractivity contribution in [3.05, 3.63) is 67.0 Å². The molecule has 2 N–H and O–H groups in total. The largest absolute Gasteiger partial charge is 0.405 e. The van der Waals surface area contributed by atoms with Crippen LogP contribution < -0.4 is 10.6 Å². The fourth-order valence-corrected chi connectivity index (χ4v) is 7.59. The van der Waals surface area contributed by atoms with Crippen LogP contribution in [0.15, 0.2) is 35.2 Å². The molecule has 206 valence electrons. The third kappa shape index (κ3) is 6.16. The third-order valence-electron chi connectivity index (χ3n) is 6.34. The van der Waals surface area contributed by atoms with E-state index < -0.39 is 45.1 Å². The SMILES string of the molecule is C=C(CNC(=O)c1sc(C2=NPC(c3cc(Cl)cc(Cl)c3)(C(F)(F)F)C2)c2c1CCCC2)NCC(F)(F)F. The molecule has 2 aliphatic rings. The van der Waals surface area contributed by atoms with Crippen LogP contribution in [-0.4, -0.2) is 37.1 Å². The molecule has 4 rings (SSSR count). The number of carbonyl (C=O) groups is 1. The van der Waals surface area contributed by atoms with E-state index in [0.29, 0.717) is 22.6 Å². The Kier molecular flexibility index (Phi) is 8.44. The molecule has 4 nitrogen and oxygen atoms in total. The Bertz CT molecular complexity index is 1270. The molecule has 14 heteroatoms. The maximum Gasteiger partial charge on any atom is 0.405 e. The quantitative estimate of drug-likeness (QED) is 0.249. The van der Waals surface area contributed by atoms with Crippen molar-refractivity contribution in [3.8, 4) is 0 Å². The topological polar surface area (TPSA) is 53.5 Å². The molecule has 1 amide bonds. The average molecular weight is 616 g/mol. The fourth-order valence-electron chi connectivity index (χ4n) is 4.52. The van der Waals surface area contributed by atoms with E-state index in [2.05, 4.69) is 22.0 Å². The van der Waals surface area contributed by atoms with E-state index in [-0.39, 0.29) is 33.6 Å². The summed E-state index contributed by atoms with van der Waals surface area (Å²) >= 11 is 13.1. The lowest BCUT2D eigenvalue weighted by Gasteiger charge is -2.31. The minimum atomic E-state index is -4.63. The molecule has 2 aromatic rings. The molecule has 0 fully saturated rings. The van der Waals surface area contributed by atoms with Gasteiger partial charge in [-0.25, -0.2) is 0 Å². The average Bonchev–Trinajstić information content (AvgIpc) is 3.43. The Labute approximate surface area is 230 Å². The van der Waals surface area contributed by atoms with Gasteiger partial charge >= 0.3 is 12.4 Å². The van der Waals surface area contributed by atoms with Crippen molar-refractivity contribution in [2.24, 2.45) is 4.76 Å². The number of carbonyl (C=O) groups excluding carboxylic acids is 1. The normalized spacial score (nSPS) is 20.3. The summed E-state index contributed by atoms with van der Waals surface area (Å²) in [7, 11) is -0.854. The number of benzene rings is 1. The van der Waals surface area contributed by atoms with Gasteiger partial charge in [-0.2, -0.15) is 26.3 Å². The molecule has 2 heterocycles. The molecule has 0 radical (unpaired) electrons. The Morgan fingerprint density at radius 3 is 2.29 bits per heavy atom. The number of alkyl halides is 6. The van der Waals surface area contributed by atoms with Crippen molar-refractivity contribution in [1.29, 1.82) is 0 Å². The number of halogens is 8. The third-order valence-corrected chi connectivity index (χ3v) is 9.61. The Balaban J connectivity index is 1.60. The lowest BCUT2D eigenvalue weighted by Crippen LogP contribution is -2.38. The number of fused-ring (bicyclic) bond motifs is 1. The standard InChI is InChI=1S/C24H22Cl2F6N3OPS/c1-12(34-11-23(27,28)29)10-33-21(36)20-17-5-3-2-4-16(17)19(38-20)18-9-22(37-35-18,24(30,31)32)13-6-14(25)8-15(26)7-13/h6-8,34,37H,1-5,9-11H2,(H,33,36). The maximum absolute atomic E-state index is 14.5. The number of hydrogen-bond donors (Lipinski definition) is 2. The van der Waals surface area contributed by atoms with E-state index >= 15 is 0 Å². The van der Waals surface area contributed by atoms with E-state index in [9.17, 15) is 31.1 Å². The van der Waals surface area contributed by atoms with Crippen LogP contribution in [0.1, 0.15) is 50.5 Å². The van der Waals surface area contributed by atoms with Gasteiger partial charge in [-0.05, 0) is 60.6 Å². The highest BCUT2D eigenvalue weighted by molar-refractivity contribution is 7.39. The zero-order chi connectivity index (χ0) is 27.9. The first kappa shape index (κ1) is 29.2. The summed E-state index contributed by atoms with van der Waals surface area (Å²) in [6, 6.07) is 3.88. The number of nitrogens with one attached hydrogen (secondary N) is 2. The smallest absolute Gasteiger partial charge is 0.379 e. The molecule has 0 bridgehead atoms. The highest BCUT2D eigenvalue weighted by atomic mass is 35.5. The Hall–Kier alpha value is -1.81. The first-order valence-electron chi connectivity index (χ1n) is 11.5. The summed E-state index contributed by atoms with van der Waals surface area (Å²) in [5.41, 5.74) is 1.76. The second-order valence-corrected chi connectivity index (χ2v) is 12.3. The molecule has 1 aliphatic heterocycles. The summed E-state index contributed by atoms with van der Waals surface area (Å²) in [6.45, 7) is 1.98. The van der Waals surface area contributed by atoms with Crippen LogP contribution in [0.5, 0.6) is 0 Å². The van der Waals surface area contributed by atoms with Crippen LogP contribution in [-0.2, 0) is 18.0 Å². The summed E-state index contributed by atoms with van der Waals surface area (Å²) in [5, 5.41) is 2.57. The second kappa shape index (κ2) is 11.0. The van der Waals surface area contributed by atoms with Crippen LogP contribution in [0.3, 0.4) is 0 Å². The molecule has 0 spiro atoms. The van der Waals surface area contributed by atoms with Crippen LogP contribution in [0, 0.1) is 0 Å². The molecular weight excluding hydrogens is 594 g/mol. The molecule has 1 aromatic heterocycles. The predicted molar refractivity (Wildman–Crippen MR) is 140 cm³/mol. The summed E-state index contributed by atoms with van der Waals surface area (Å²) in [6.07, 6.45) is -6.68. The van der Waals surface area contributed by atoms with E-state index in [0.717, 1.165) is 35.3 Å². The van der Waals surface area contributed by atoms with Gasteiger partial charge in [0.25, 0.3) is 5.91 Å².